The SMILES string of the molecule is Cc1cccc2c3ccccc3n(-c3cccc(-c4ccccc4)c3-c3nc(-c4ccccc4)nc(-c4cccc(-c5ccccc5)c4-n4c5ccccc5c5cccc(C)c54)n3)c12. The number of fused-ring (bicyclic) bond motifs is 6. The van der Waals surface area contributed by atoms with Crippen molar-refractivity contribution in [2.45, 2.75) is 13.8 Å². The molecule has 0 saturated carbocycles. The lowest BCUT2D eigenvalue weighted by molar-refractivity contribution is 1.06. The zero-order valence-electron chi connectivity index (χ0n) is 35.4. The largest absolute Gasteiger partial charge is 0.308 e. The highest BCUT2D eigenvalue weighted by Crippen LogP contribution is 2.44. The summed E-state index contributed by atoms with van der Waals surface area (Å²) in [6.07, 6.45) is 0. The van der Waals surface area contributed by atoms with Crippen molar-refractivity contribution in [3.63, 3.8) is 0 Å². The van der Waals surface area contributed by atoms with E-state index in [1.165, 1.54) is 32.7 Å². The summed E-state index contributed by atoms with van der Waals surface area (Å²) >= 11 is 0. The molecular formula is C59H41N5. The van der Waals surface area contributed by atoms with Gasteiger partial charge >= 0.3 is 0 Å². The summed E-state index contributed by atoms with van der Waals surface area (Å²) in [6, 6.07) is 75.3. The molecule has 5 nitrogen and oxygen atoms in total. The van der Waals surface area contributed by atoms with Gasteiger partial charge in [0, 0.05) is 38.2 Å². The highest BCUT2D eigenvalue weighted by Gasteiger charge is 2.26. The first kappa shape index (κ1) is 37.4. The van der Waals surface area contributed by atoms with Crippen LogP contribution >= 0.6 is 0 Å². The fraction of sp³-hybridized carbons (Fsp3) is 0.0339. The molecule has 0 N–H and O–H groups in total. The summed E-state index contributed by atoms with van der Waals surface area (Å²) < 4.78 is 4.85. The van der Waals surface area contributed by atoms with Crippen LogP contribution in [0.15, 0.2) is 212 Å². The van der Waals surface area contributed by atoms with E-state index in [4.69, 9.17) is 15.0 Å². The maximum Gasteiger partial charge on any atom is 0.166 e. The first-order chi connectivity index (χ1) is 31.6. The summed E-state index contributed by atoms with van der Waals surface area (Å²) in [5.74, 6) is 1.78. The highest BCUT2D eigenvalue weighted by atomic mass is 15.1. The van der Waals surface area contributed by atoms with Gasteiger partial charge in [-0.1, -0.05) is 188 Å². The molecule has 0 spiro atoms. The average Bonchev–Trinajstić information content (AvgIpc) is 3.89. The molecule has 0 aliphatic heterocycles. The molecule has 302 valence electrons. The Kier molecular flexibility index (Phi) is 8.87. The Bertz CT molecular complexity index is 3730. The minimum atomic E-state index is 0.586. The minimum Gasteiger partial charge on any atom is -0.308 e. The van der Waals surface area contributed by atoms with Crippen molar-refractivity contribution in [3.05, 3.63) is 223 Å². The third-order valence-electron chi connectivity index (χ3n) is 12.6. The van der Waals surface area contributed by atoms with E-state index in [-0.39, 0.29) is 0 Å². The quantitative estimate of drug-likeness (QED) is 0.161. The van der Waals surface area contributed by atoms with Crippen molar-refractivity contribution in [1.29, 1.82) is 0 Å². The van der Waals surface area contributed by atoms with Gasteiger partial charge in [0.15, 0.2) is 17.5 Å². The molecule has 3 heterocycles. The molecule has 3 aromatic heterocycles. The lowest BCUT2D eigenvalue weighted by Gasteiger charge is -2.21. The van der Waals surface area contributed by atoms with Crippen LogP contribution < -0.4 is 0 Å². The number of benzene rings is 9. The first-order valence-corrected chi connectivity index (χ1v) is 21.8. The zero-order valence-corrected chi connectivity index (χ0v) is 35.4. The zero-order chi connectivity index (χ0) is 42.7. The van der Waals surface area contributed by atoms with Gasteiger partial charge in [-0.15, -0.1) is 0 Å². The average molecular weight is 820 g/mol. The summed E-state index contributed by atoms with van der Waals surface area (Å²) in [4.78, 5) is 16.6. The van der Waals surface area contributed by atoms with Gasteiger partial charge in [-0.3, -0.25) is 0 Å². The maximum atomic E-state index is 5.68. The van der Waals surface area contributed by atoms with Gasteiger partial charge in [0.2, 0.25) is 0 Å². The van der Waals surface area contributed by atoms with E-state index in [9.17, 15) is 0 Å². The lowest BCUT2D eigenvalue weighted by atomic mass is 9.96. The molecule has 64 heavy (non-hydrogen) atoms. The summed E-state index contributed by atoms with van der Waals surface area (Å²) in [5.41, 5.74) is 16.0. The molecule has 0 saturated heterocycles. The van der Waals surface area contributed by atoms with Gasteiger partial charge in [0.05, 0.1) is 39.0 Å². The predicted octanol–water partition coefficient (Wildman–Crippen LogP) is 15.0. The minimum absolute atomic E-state index is 0.586. The molecule has 0 aliphatic carbocycles. The van der Waals surface area contributed by atoms with Crippen LogP contribution in [0.2, 0.25) is 0 Å². The summed E-state index contributed by atoms with van der Waals surface area (Å²) in [7, 11) is 0. The topological polar surface area (TPSA) is 48.5 Å². The monoisotopic (exact) mass is 819 g/mol. The van der Waals surface area contributed by atoms with Crippen molar-refractivity contribution in [3.8, 4) is 67.8 Å². The number of aryl methyl sites for hydroxylation is 2. The van der Waals surface area contributed by atoms with E-state index in [2.05, 4.69) is 217 Å². The number of aromatic nitrogens is 5. The second-order valence-corrected chi connectivity index (χ2v) is 16.5. The Morgan fingerprint density at radius 1 is 0.312 bits per heavy atom. The van der Waals surface area contributed by atoms with E-state index in [1.54, 1.807) is 0 Å². The number of para-hydroxylation sites is 5. The highest BCUT2D eigenvalue weighted by molar-refractivity contribution is 6.12. The molecule has 0 atom stereocenters. The normalized spacial score (nSPS) is 11.6. The number of hydrogen-bond donors (Lipinski definition) is 0. The molecule has 0 radical (unpaired) electrons. The lowest BCUT2D eigenvalue weighted by Crippen LogP contribution is -2.07. The van der Waals surface area contributed by atoms with Crippen LogP contribution in [0, 0.1) is 13.8 Å². The van der Waals surface area contributed by atoms with E-state index >= 15 is 0 Å². The number of rotatable bonds is 7. The molecule has 9 aromatic carbocycles. The fourth-order valence-electron chi connectivity index (χ4n) is 9.82. The van der Waals surface area contributed by atoms with Crippen LogP contribution in [0.3, 0.4) is 0 Å². The smallest absolute Gasteiger partial charge is 0.166 e. The van der Waals surface area contributed by atoms with Crippen LogP contribution in [0.1, 0.15) is 11.1 Å². The molecule has 0 aliphatic rings. The molecule has 5 heteroatoms. The van der Waals surface area contributed by atoms with E-state index in [0.717, 1.165) is 72.4 Å². The van der Waals surface area contributed by atoms with Gasteiger partial charge in [-0.05, 0) is 65.9 Å². The van der Waals surface area contributed by atoms with E-state index in [1.807, 2.05) is 18.2 Å². The van der Waals surface area contributed by atoms with Crippen LogP contribution in [-0.4, -0.2) is 24.1 Å². The van der Waals surface area contributed by atoms with Gasteiger partial charge in [-0.25, -0.2) is 15.0 Å². The van der Waals surface area contributed by atoms with Gasteiger partial charge < -0.3 is 9.13 Å². The third-order valence-corrected chi connectivity index (χ3v) is 12.6. The second kappa shape index (κ2) is 15.2. The van der Waals surface area contributed by atoms with Gasteiger partial charge in [0.25, 0.3) is 0 Å². The van der Waals surface area contributed by atoms with E-state index in [0.29, 0.717) is 17.5 Å². The predicted molar refractivity (Wildman–Crippen MR) is 265 cm³/mol. The maximum absolute atomic E-state index is 5.68. The summed E-state index contributed by atoms with van der Waals surface area (Å²) in [6.45, 7) is 4.40. The third kappa shape index (κ3) is 5.97. The molecule has 0 bridgehead atoms. The van der Waals surface area contributed by atoms with Crippen LogP contribution in [-0.2, 0) is 0 Å². The molecule has 12 aromatic rings. The molecule has 0 fully saturated rings. The van der Waals surface area contributed by atoms with Crippen molar-refractivity contribution in [2.24, 2.45) is 0 Å². The van der Waals surface area contributed by atoms with E-state index < -0.39 is 0 Å². The molecule has 0 unspecified atom stereocenters. The second-order valence-electron chi connectivity index (χ2n) is 16.5. The molecular weight excluding hydrogens is 779 g/mol. The number of nitrogens with zero attached hydrogens (tertiary/aromatic N) is 5. The molecule has 0 amide bonds. The number of hydrogen-bond acceptors (Lipinski definition) is 3. The van der Waals surface area contributed by atoms with Crippen molar-refractivity contribution >= 4 is 43.6 Å². The Balaban J connectivity index is 1.23. The van der Waals surface area contributed by atoms with Crippen molar-refractivity contribution in [1.82, 2.24) is 24.1 Å². The van der Waals surface area contributed by atoms with Crippen molar-refractivity contribution < 1.29 is 0 Å². The van der Waals surface area contributed by atoms with Crippen LogP contribution in [0.25, 0.3) is 111 Å². The Hall–Kier alpha value is -8.41. The standard InChI is InChI=1S/C59H41N5/c1-38-20-16-32-47-45-28-12-14-35-50(45)63(54(38)47)52-37-19-30-43(40-22-6-3-7-23-40)53(52)59-61-57(42-26-10-5-11-27-42)60-58(62-59)49-34-18-31-44(41-24-8-4-9-25-41)56(49)64-51-36-15-13-29-46(51)48-33-17-21-39(2)55(48)64/h3-37H,1-2H3. The molecule has 12 rings (SSSR count). The fourth-order valence-corrected chi connectivity index (χ4v) is 9.82. The van der Waals surface area contributed by atoms with Gasteiger partial charge in [-0.2, -0.15) is 0 Å². The Morgan fingerprint density at radius 3 is 1.39 bits per heavy atom. The summed E-state index contributed by atoms with van der Waals surface area (Å²) in [5, 5.41) is 4.80. The Morgan fingerprint density at radius 2 is 0.750 bits per heavy atom. The first-order valence-electron chi connectivity index (χ1n) is 21.8. The Labute approximate surface area is 371 Å². The van der Waals surface area contributed by atoms with Crippen LogP contribution in [0.4, 0.5) is 0 Å². The van der Waals surface area contributed by atoms with Crippen LogP contribution in [0.5, 0.6) is 0 Å². The van der Waals surface area contributed by atoms with Crippen molar-refractivity contribution in [2.75, 3.05) is 0 Å². The van der Waals surface area contributed by atoms with Gasteiger partial charge in [0.1, 0.15) is 0 Å².